The fourth-order valence-electron chi connectivity index (χ4n) is 3.13. The number of benzene rings is 2. The van der Waals surface area contributed by atoms with Crippen LogP contribution in [0.5, 0.6) is 0 Å². The maximum atomic E-state index is 13.9. The summed E-state index contributed by atoms with van der Waals surface area (Å²) in [5.41, 5.74) is 0.760. The number of sulfonamides is 1. The van der Waals surface area contributed by atoms with Crippen molar-refractivity contribution in [2.24, 2.45) is 0 Å². The molecule has 0 atom stereocenters. The van der Waals surface area contributed by atoms with Crippen LogP contribution in [0, 0.1) is 11.6 Å². The smallest absolute Gasteiger partial charge is 0.246 e. The molecule has 0 bridgehead atoms. The molecular formula is C19H18Cl2F2N2O3S. The Morgan fingerprint density at radius 3 is 2.41 bits per heavy atom. The maximum Gasteiger partial charge on any atom is 0.246 e. The molecule has 0 radical (unpaired) electrons. The first kappa shape index (κ1) is 22.0. The molecule has 29 heavy (non-hydrogen) atoms. The number of carbonyl (C=O) groups is 1. The summed E-state index contributed by atoms with van der Waals surface area (Å²) in [6.45, 7) is 0.334. The van der Waals surface area contributed by atoms with Crippen LogP contribution in [-0.4, -0.2) is 49.7 Å². The second-order valence-electron chi connectivity index (χ2n) is 6.57. The first-order valence-electron chi connectivity index (χ1n) is 8.86. The van der Waals surface area contributed by atoms with E-state index in [0.29, 0.717) is 22.5 Å². The molecule has 1 heterocycles. The van der Waals surface area contributed by atoms with E-state index in [0.717, 1.165) is 22.0 Å². The van der Waals surface area contributed by atoms with Gasteiger partial charge in [0.1, 0.15) is 16.5 Å². The van der Waals surface area contributed by atoms with Crippen molar-refractivity contribution in [2.45, 2.75) is 17.7 Å². The van der Waals surface area contributed by atoms with Gasteiger partial charge in [-0.05, 0) is 36.2 Å². The average molecular weight is 463 g/mol. The summed E-state index contributed by atoms with van der Waals surface area (Å²) in [7, 11) is -4.18. The summed E-state index contributed by atoms with van der Waals surface area (Å²) in [6, 6.07) is 7.51. The van der Waals surface area contributed by atoms with Gasteiger partial charge in [-0.2, -0.15) is 4.31 Å². The average Bonchev–Trinajstić information content (AvgIpc) is 2.70. The van der Waals surface area contributed by atoms with Gasteiger partial charge in [-0.1, -0.05) is 35.3 Å². The zero-order valence-corrected chi connectivity index (χ0v) is 17.6. The Morgan fingerprint density at radius 2 is 1.72 bits per heavy atom. The van der Waals surface area contributed by atoms with Crippen molar-refractivity contribution in [3.8, 4) is 0 Å². The van der Waals surface area contributed by atoms with Crippen LogP contribution < -0.4 is 0 Å². The van der Waals surface area contributed by atoms with Gasteiger partial charge in [0.2, 0.25) is 15.9 Å². The van der Waals surface area contributed by atoms with Crippen LogP contribution in [0.1, 0.15) is 12.0 Å². The SMILES string of the molecule is O=C(CCc1cccc(Cl)c1Cl)N1CCN(S(=O)(=O)c2cc(F)ccc2F)CC1. The van der Waals surface area contributed by atoms with Crippen LogP contribution in [0.2, 0.25) is 10.0 Å². The van der Waals surface area contributed by atoms with E-state index in [1.54, 1.807) is 23.1 Å². The van der Waals surface area contributed by atoms with Gasteiger partial charge in [0.15, 0.2) is 0 Å². The Labute approximate surface area is 177 Å². The van der Waals surface area contributed by atoms with Crippen LogP contribution in [0.25, 0.3) is 0 Å². The first-order valence-corrected chi connectivity index (χ1v) is 11.1. The molecule has 5 nitrogen and oxygen atoms in total. The van der Waals surface area contributed by atoms with E-state index >= 15 is 0 Å². The van der Waals surface area contributed by atoms with E-state index in [4.69, 9.17) is 23.2 Å². The van der Waals surface area contributed by atoms with E-state index < -0.39 is 26.6 Å². The zero-order valence-electron chi connectivity index (χ0n) is 15.2. The lowest BCUT2D eigenvalue weighted by molar-refractivity contribution is -0.132. The summed E-state index contributed by atoms with van der Waals surface area (Å²) in [4.78, 5) is 13.3. The monoisotopic (exact) mass is 462 g/mol. The highest BCUT2D eigenvalue weighted by Gasteiger charge is 2.32. The summed E-state index contributed by atoms with van der Waals surface area (Å²) in [5, 5.41) is 0.829. The molecule has 0 N–H and O–H groups in total. The van der Waals surface area contributed by atoms with Gasteiger partial charge in [0.05, 0.1) is 10.0 Å². The fourth-order valence-corrected chi connectivity index (χ4v) is 5.05. The molecule has 0 spiro atoms. The van der Waals surface area contributed by atoms with Gasteiger partial charge in [-0.15, -0.1) is 0 Å². The predicted octanol–water partition coefficient (Wildman–Crippen LogP) is 3.74. The van der Waals surface area contributed by atoms with Crippen LogP contribution in [0.15, 0.2) is 41.3 Å². The van der Waals surface area contributed by atoms with Gasteiger partial charge in [-0.25, -0.2) is 17.2 Å². The highest BCUT2D eigenvalue weighted by molar-refractivity contribution is 7.89. The van der Waals surface area contributed by atoms with Gasteiger partial charge < -0.3 is 4.90 Å². The number of halogens is 4. The molecule has 1 aliphatic rings. The van der Waals surface area contributed by atoms with E-state index in [1.807, 2.05) is 0 Å². The molecule has 1 fully saturated rings. The number of nitrogens with zero attached hydrogens (tertiary/aromatic N) is 2. The lowest BCUT2D eigenvalue weighted by Crippen LogP contribution is -2.50. The lowest BCUT2D eigenvalue weighted by atomic mass is 10.1. The molecule has 0 aromatic heterocycles. The van der Waals surface area contributed by atoms with Crippen molar-refractivity contribution in [1.29, 1.82) is 0 Å². The van der Waals surface area contributed by atoms with Crippen LogP contribution in [-0.2, 0) is 21.2 Å². The standard InChI is InChI=1S/C19H18Cl2F2N2O3S/c20-15-3-1-2-13(19(15)21)4-7-18(26)24-8-10-25(11-9-24)29(27,28)17-12-14(22)5-6-16(17)23/h1-3,5-6,12H,4,7-11H2. The topological polar surface area (TPSA) is 57.7 Å². The van der Waals surface area contributed by atoms with Crippen LogP contribution in [0.4, 0.5) is 8.78 Å². The van der Waals surface area contributed by atoms with Gasteiger partial charge in [0.25, 0.3) is 0 Å². The molecule has 156 valence electrons. The largest absolute Gasteiger partial charge is 0.340 e. The Hall–Kier alpha value is -1.74. The van der Waals surface area contributed by atoms with Crippen molar-refractivity contribution in [3.63, 3.8) is 0 Å². The number of rotatable bonds is 5. The van der Waals surface area contributed by atoms with E-state index in [2.05, 4.69) is 0 Å². The number of piperazine rings is 1. The predicted molar refractivity (Wildman–Crippen MR) is 106 cm³/mol. The molecule has 3 rings (SSSR count). The van der Waals surface area contributed by atoms with E-state index in [1.165, 1.54) is 0 Å². The third-order valence-corrected chi connectivity index (χ3v) is 7.51. The van der Waals surface area contributed by atoms with E-state index in [-0.39, 0.29) is 38.5 Å². The normalized spacial score (nSPS) is 15.5. The molecule has 10 heteroatoms. The second kappa shape index (κ2) is 8.95. The maximum absolute atomic E-state index is 13.9. The molecule has 1 aliphatic heterocycles. The lowest BCUT2D eigenvalue weighted by Gasteiger charge is -2.34. The van der Waals surface area contributed by atoms with Crippen molar-refractivity contribution in [2.75, 3.05) is 26.2 Å². The van der Waals surface area contributed by atoms with Gasteiger partial charge in [-0.3, -0.25) is 4.79 Å². The molecule has 0 aliphatic carbocycles. The molecule has 1 saturated heterocycles. The van der Waals surface area contributed by atoms with Crippen LogP contribution >= 0.6 is 23.2 Å². The Balaban J connectivity index is 1.60. The number of aryl methyl sites for hydroxylation is 1. The third kappa shape index (κ3) is 4.88. The van der Waals surface area contributed by atoms with Gasteiger partial charge >= 0.3 is 0 Å². The number of amides is 1. The highest BCUT2D eigenvalue weighted by atomic mass is 35.5. The minimum atomic E-state index is -4.18. The Morgan fingerprint density at radius 1 is 1.03 bits per heavy atom. The number of carbonyl (C=O) groups excluding carboxylic acids is 1. The Bertz CT molecular complexity index is 1030. The third-order valence-electron chi connectivity index (χ3n) is 4.74. The molecule has 2 aromatic rings. The molecule has 2 aromatic carbocycles. The summed E-state index contributed by atoms with van der Waals surface area (Å²) < 4.78 is 53.5. The minimum Gasteiger partial charge on any atom is -0.340 e. The summed E-state index contributed by atoms with van der Waals surface area (Å²) >= 11 is 12.1. The van der Waals surface area contributed by atoms with Crippen molar-refractivity contribution >= 4 is 39.1 Å². The first-order chi connectivity index (χ1) is 13.7. The fraction of sp³-hybridized carbons (Fsp3) is 0.316. The van der Waals surface area contributed by atoms with Crippen LogP contribution in [0.3, 0.4) is 0 Å². The minimum absolute atomic E-state index is 0.00193. The quantitative estimate of drug-likeness (QED) is 0.679. The van der Waals surface area contributed by atoms with E-state index in [9.17, 15) is 22.0 Å². The van der Waals surface area contributed by atoms with Crippen molar-refractivity contribution < 1.29 is 22.0 Å². The summed E-state index contributed by atoms with van der Waals surface area (Å²) in [6.07, 6.45) is 0.608. The van der Waals surface area contributed by atoms with Gasteiger partial charge in [0, 0.05) is 32.6 Å². The molecule has 0 unspecified atom stereocenters. The number of hydrogen-bond donors (Lipinski definition) is 0. The zero-order chi connectivity index (χ0) is 21.2. The molecule has 1 amide bonds. The highest BCUT2D eigenvalue weighted by Crippen LogP contribution is 2.27. The van der Waals surface area contributed by atoms with Crippen molar-refractivity contribution in [1.82, 2.24) is 9.21 Å². The molecule has 0 saturated carbocycles. The summed E-state index contributed by atoms with van der Waals surface area (Å²) in [5.74, 6) is -1.99. The second-order valence-corrected chi connectivity index (χ2v) is 9.26. The van der Waals surface area contributed by atoms with Crippen molar-refractivity contribution in [3.05, 3.63) is 63.6 Å². The Kier molecular flexibility index (Phi) is 6.78. The molecular weight excluding hydrogens is 445 g/mol. The number of hydrogen-bond acceptors (Lipinski definition) is 3.